The van der Waals surface area contributed by atoms with Crippen LogP contribution in [-0.2, 0) is 19.2 Å². The van der Waals surface area contributed by atoms with E-state index in [9.17, 15) is 29.3 Å². The Morgan fingerprint density at radius 1 is 1.00 bits per heavy atom. The van der Waals surface area contributed by atoms with Gasteiger partial charge in [0.1, 0.15) is 11.5 Å². The highest BCUT2D eigenvalue weighted by Gasteiger charge is 2.49. The van der Waals surface area contributed by atoms with Crippen LogP contribution in [0.3, 0.4) is 0 Å². The molecule has 0 aromatic heterocycles. The number of imide groups is 1. The number of fused-ring (bicyclic) bond motifs is 1. The second-order valence-corrected chi connectivity index (χ2v) is 9.90. The van der Waals surface area contributed by atoms with Crippen LogP contribution >= 0.6 is 0 Å². The fourth-order valence-corrected chi connectivity index (χ4v) is 5.64. The van der Waals surface area contributed by atoms with Crippen LogP contribution < -0.4 is 19.3 Å². The van der Waals surface area contributed by atoms with Crippen LogP contribution in [0.25, 0.3) is 0 Å². The molecule has 5 rings (SSSR count). The van der Waals surface area contributed by atoms with Gasteiger partial charge in [-0.1, -0.05) is 12.8 Å². The highest BCUT2D eigenvalue weighted by molar-refractivity contribution is 6.22. The van der Waals surface area contributed by atoms with Crippen molar-refractivity contribution >= 4 is 40.8 Å². The number of esters is 1. The van der Waals surface area contributed by atoms with Crippen molar-refractivity contribution in [3.63, 3.8) is 0 Å². The molecule has 3 aliphatic rings. The molecule has 2 aromatic carbocycles. The molecule has 38 heavy (non-hydrogen) atoms. The topological polar surface area (TPSA) is 136 Å². The maximum absolute atomic E-state index is 13.0. The normalized spacial score (nSPS) is 23.0. The molecule has 2 aromatic rings. The molecule has 3 fully saturated rings. The third-order valence-electron chi connectivity index (χ3n) is 7.59. The van der Waals surface area contributed by atoms with Gasteiger partial charge in [-0.3, -0.25) is 29.3 Å². The van der Waals surface area contributed by atoms with E-state index < -0.39 is 16.8 Å². The summed E-state index contributed by atoms with van der Waals surface area (Å²) in [5.41, 5.74) is 1.26. The maximum atomic E-state index is 13.0. The van der Waals surface area contributed by atoms with Gasteiger partial charge in [0.25, 0.3) is 5.69 Å². The number of amides is 3. The lowest BCUT2D eigenvalue weighted by Crippen LogP contribution is -2.31. The molecule has 11 heteroatoms. The minimum atomic E-state index is -0.757. The standard InChI is InChI=1S/C27H27N3O8/c1-15-11-18(8-10-21(15)29-25(32)19-5-3-4-6-20(19)26(29)33)38-27(34)16-12-24(31)28(14-16)22-9-7-17(30(35)36)13-23(22)37-2/h7-11,13,16,19-20H,3-6,12,14H2,1-2H3/t16-,19-,20+/m1/s1. The van der Waals surface area contributed by atoms with E-state index in [0.29, 0.717) is 16.9 Å². The van der Waals surface area contributed by atoms with E-state index in [1.165, 1.54) is 41.2 Å². The number of nitro groups is 1. The van der Waals surface area contributed by atoms with Crippen molar-refractivity contribution in [1.29, 1.82) is 0 Å². The lowest BCUT2D eigenvalue weighted by Gasteiger charge is -2.19. The molecule has 3 atom stereocenters. The molecule has 1 aliphatic carbocycles. The van der Waals surface area contributed by atoms with Crippen molar-refractivity contribution in [3.05, 3.63) is 52.1 Å². The average molecular weight is 522 g/mol. The van der Waals surface area contributed by atoms with E-state index in [4.69, 9.17) is 9.47 Å². The number of non-ortho nitro benzene ring substituents is 1. The third-order valence-corrected chi connectivity index (χ3v) is 7.59. The lowest BCUT2D eigenvalue weighted by molar-refractivity contribution is -0.384. The quantitative estimate of drug-likeness (QED) is 0.185. The van der Waals surface area contributed by atoms with Crippen LogP contribution in [0.4, 0.5) is 17.1 Å². The van der Waals surface area contributed by atoms with E-state index in [2.05, 4.69) is 0 Å². The number of methoxy groups -OCH3 is 1. The zero-order valence-electron chi connectivity index (χ0n) is 21.0. The fourth-order valence-electron chi connectivity index (χ4n) is 5.64. The first-order valence-electron chi connectivity index (χ1n) is 12.5. The first-order chi connectivity index (χ1) is 18.2. The zero-order chi connectivity index (χ0) is 27.1. The van der Waals surface area contributed by atoms with Gasteiger partial charge >= 0.3 is 5.97 Å². The Bertz CT molecular complexity index is 1330. The Labute approximate surface area is 218 Å². The number of ether oxygens (including phenoxy) is 2. The number of hydrogen-bond acceptors (Lipinski definition) is 8. The Morgan fingerprint density at radius 2 is 1.66 bits per heavy atom. The fraction of sp³-hybridized carbons (Fsp3) is 0.407. The summed E-state index contributed by atoms with van der Waals surface area (Å²) in [7, 11) is 1.35. The monoisotopic (exact) mass is 521 g/mol. The van der Waals surface area contributed by atoms with Crippen LogP contribution in [-0.4, -0.2) is 42.3 Å². The number of rotatable bonds is 6. The van der Waals surface area contributed by atoms with Crippen LogP contribution in [0, 0.1) is 34.8 Å². The molecular weight excluding hydrogens is 494 g/mol. The van der Waals surface area contributed by atoms with Gasteiger partial charge in [0, 0.05) is 19.0 Å². The summed E-state index contributed by atoms with van der Waals surface area (Å²) in [5, 5.41) is 11.1. The number of aryl methyl sites for hydroxylation is 1. The molecule has 0 unspecified atom stereocenters. The van der Waals surface area contributed by atoms with Crippen molar-refractivity contribution in [2.75, 3.05) is 23.5 Å². The van der Waals surface area contributed by atoms with Gasteiger partial charge in [-0.15, -0.1) is 0 Å². The third kappa shape index (κ3) is 4.37. The predicted octanol–water partition coefficient (Wildman–Crippen LogP) is 3.55. The molecule has 0 radical (unpaired) electrons. The second kappa shape index (κ2) is 9.88. The first kappa shape index (κ1) is 25.4. The number of nitrogens with zero attached hydrogens (tertiary/aromatic N) is 3. The maximum Gasteiger partial charge on any atom is 0.316 e. The molecule has 1 saturated carbocycles. The van der Waals surface area contributed by atoms with E-state index in [1.807, 2.05) is 0 Å². The van der Waals surface area contributed by atoms with Crippen molar-refractivity contribution in [2.45, 2.75) is 39.0 Å². The minimum absolute atomic E-state index is 0.0302. The molecule has 0 spiro atoms. The van der Waals surface area contributed by atoms with Gasteiger partial charge in [0.05, 0.1) is 47.2 Å². The molecule has 2 aliphatic heterocycles. The molecule has 198 valence electrons. The Kier molecular flexibility index (Phi) is 6.60. The van der Waals surface area contributed by atoms with E-state index >= 15 is 0 Å². The molecule has 2 heterocycles. The van der Waals surface area contributed by atoms with Crippen LogP contribution in [0.1, 0.15) is 37.7 Å². The Morgan fingerprint density at radius 3 is 2.26 bits per heavy atom. The second-order valence-electron chi connectivity index (χ2n) is 9.90. The van der Waals surface area contributed by atoms with Crippen molar-refractivity contribution in [3.8, 4) is 11.5 Å². The summed E-state index contributed by atoms with van der Waals surface area (Å²) in [6.07, 6.45) is 3.25. The molecule has 0 N–H and O–H groups in total. The van der Waals surface area contributed by atoms with Gasteiger partial charge < -0.3 is 14.4 Å². The number of anilines is 2. The Hall–Kier alpha value is -4.28. The van der Waals surface area contributed by atoms with Crippen molar-refractivity contribution in [2.24, 2.45) is 17.8 Å². The van der Waals surface area contributed by atoms with Gasteiger partial charge in [-0.05, 0) is 49.6 Å². The summed E-state index contributed by atoms with van der Waals surface area (Å²) in [4.78, 5) is 64.7. The highest BCUT2D eigenvalue weighted by atomic mass is 16.6. The average Bonchev–Trinajstić information content (AvgIpc) is 3.41. The molecule has 11 nitrogen and oxygen atoms in total. The smallest absolute Gasteiger partial charge is 0.316 e. The number of carbonyl (C=O) groups is 4. The number of benzene rings is 2. The molecule has 2 saturated heterocycles. The molecule has 0 bridgehead atoms. The van der Waals surface area contributed by atoms with Crippen LogP contribution in [0.15, 0.2) is 36.4 Å². The largest absolute Gasteiger partial charge is 0.494 e. The summed E-state index contributed by atoms with van der Waals surface area (Å²) in [6, 6.07) is 8.66. The van der Waals surface area contributed by atoms with Gasteiger partial charge in [-0.2, -0.15) is 0 Å². The first-order valence-corrected chi connectivity index (χ1v) is 12.5. The predicted molar refractivity (Wildman–Crippen MR) is 135 cm³/mol. The van der Waals surface area contributed by atoms with E-state index in [0.717, 1.165) is 25.7 Å². The molecule has 3 amide bonds. The zero-order valence-corrected chi connectivity index (χ0v) is 21.0. The number of nitro benzene ring substituents is 1. The minimum Gasteiger partial charge on any atom is -0.494 e. The van der Waals surface area contributed by atoms with E-state index in [-0.39, 0.29) is 59.7 Å². The van der Waals surface area contributed by atoms with Crippen LogP contribution in [0.2, 0.25) is 0 Å². The lowest BCUT2D eigenvalue weighted by atomic mass is 9.81. The number of hydrogen-bond donors (Lipinski definition) is 0. The van der Waals surface area contributed by atoms with Crippen molar-refractivity contribution in [1.82, 2.24) is 0 Å². The van der Waals surface area contributed by atoms with Gasteiger partial charge in [0.15, 0.2) is 0 Å². The summed E-state index contributed by atoms with van der Waals surface area (Å²) in [6.45, 7) is 1.78. The molecular formula is C27H27N3O8. The van der Waals surface area contributed by atoms with E-state index in [1.54, 1.807) is 19.1 Å². The summed E-state index contributed by atoms with van der Waals surface area (Å²) >= 11 is 0. The Balaban J connectivity index is 1.29. The van der Waals surface area contributed by atoms with Gasteiger partial charge in [-0.25, -0.2) is 4.90 Å². The highest BCUT2D eigenvalue weighted by Crippen LogP contribution is 2.41. The van der Waals surface area contributed by atoms with Crippen molar-refractivity contribution < 1.29 is 33.6 Å². The van der Waals surface area contributed by atoms with Gasteiger partial charge in [0.2, 0.25) is 17.7 Å². The summed E-state index contributed by atoms with van der Waals surface area (Å²) < 4.78 is 10.8. The van der Waals surface area contributed by atoms with Crippen LogP contribution in [0.5, 0.6) is 11.5 Å². The number of carbonyl (C=O) groups excluding carboxylic acids is 4. The summed E-state index contributed by atoms with van der Waals surface area (Å²) in [5.74, 6) is -2.16. The SMILES string of the molecule is COc1cc([N+](=O)[O-])ccc1N1C[C@H](C(=O)Oc2ccc(N3C(=O)[C@H]4CCCC[C@H]4C3=O)c(C)c2)CC1=O.